The molecular weight excluding hydrogens is 265 g/mol. The van der Waals surface area contributed by atoms with Crippen LogP contribution in [0.2, 0.25) is 0 Å². The van der Waals surface area contributed by atoms with Crippen LogP contribution in [-0.2, 0) is 4.74 Å². The molecule has 0 rings (SSSR count). The topological polar surface area (TPSA) is 35.2 Å². The van der Waals surface area contributed by atoms with E-state index in [4.69, 9.17) is 10.5 Å². The van der Waals surface area contributed by atoms with E-state index in [-0.39, 0.29) is 21.2 Å². The molecule has 0 atom stereocenters. The summed E-state index contributed by atoms with van der Waals surface area (Å²) in [5, 5.41) is 0. The van der Waals surface area contributed by atoms with Crippen molar-refractivity contribution in [2.24, 2.45) is 5.73 Å². The minimum absolute atomic E-state index is 0.228. The fourth-order valence-corrected chi connectivity index (χ4v) is 1.98. The Balaban J connectivity index is 3.93. The van der Waals surface area contributed by atoms with Crippen molar-refractivity contribution in [2.45, 2.75) is 20.8 Å². The molecule has 0 saturated carbocycles. The molecule has 0 spiro atoms. The van der Waals surface area contributed by atoms with Crippen LogP contribution in [-0.4, -0.2) is 11.0 Å². The van der Waals surface area contributed by atoms with Crippen molar-refractivity contribution < 1.29 is 25.9 Å². The van der Waals surface area contributed by atoms with Gasteiger partial charge in [0.2, 0.25) is 0 Å². The first-order valence-corrected chi connectivity index (χ1v) is 6.82. The third kappa shape index (κ3) is 6.52. The van der Waals surface area contributed by atoms with E-state index in [0.29, 0.717) is 12.5 Å². The molecule has 0 aromatic heterocycles. The summed E-state index contributed by atoms with van der Waals surface area (Å²) in [6, 6.07) is 0. The third-order valence-electron chi connectivity index (χ3n) is 1.08. The van der Waals surface area contributed by atoms with Crippen LogP contribution in [0.1, 0.15) is 20.8 Å². The fraction of sp³-hybridized carbons (Fsp3) is 0.556. The Morgan fingerprint density at radius 1 is 1.50 bits per heavy atom. The van der Waals surface area contributed by atoms with Crippen molar-refractivity contribution >= 4 is 0 Å². The summed E-state index contributed by atoms with van der Waals surface area (Å²) in [5.41, 5.74) is 6.79. The Bertz CT molecular complexity index is 175. The number of alkyl halides is 1. The number of rotatable bonds is 5. The van der Waals surface area contributed by atoms with E-state index in [0.717, 1.165) is 0 Å². The maximum atomic E-state index is 5.57. The molecule has 2 nitrogen and oxygen atoms in total. The predicted octanol–water partition coefficient (Wildman–Crippen LogP) is -1.16. The molecule has 0 aromatic rings. The van der Waals surface area contributed by atoms with Gasteiger partial charge in [-0.1, -0.05) is 0 Å². The van der Waals surface area contributed by atoms with Gasteiger partial charge in [0.15, 0.2) is 0 Å². The number of hydrogen-bond acceptors (Lipinski definition) is 2. The molecule has 0 heterocycles. The molecule has 12 heavy (non-hydrogen) atoms. The Hall–Kier alpha value is -0.190. The van der Waals surface area contributed by atoms with Gasteiger partial charge in [0.1, 0.15) is 0 Å². The summed E-state index contributed by atoms with van der Waals surface area (Å²) in [6.45, 7) is 6.82. The van der Waals surface area contributed by atoms with Gasteiger partial charge in [-0.15, -0.1) is 0 Å². The van der Waals surface area contributed by atoms with Crippen LogP contribution in [0.4, 0.5) is 0 Å². The molecule has 0 fully saturated rings. The molecule has 0 aliphatic carbocycles. The van der Waals surface area contributed by atoms with Gasteiger partial charge in [0.05, 0.1) is 0 Å². The van der Waals surface area contributed by atoms with Crippen LogP contribution in [0.25, 0.3) is 0 Å². The van der Waals surface area contributed by atoms with Crippen LogP contribution >= 0.6 is 0 Å². The van der Waals surface area contributed by atoms with Crippen molar-refractivity contribution in [3.05, 3.63) is 21.6 Å². The quantitative estimate of drug-likeness (QED) is 0.299. The van der Waals surface area contributed by atoms with E-state index in [1.54, 1.807) is 0 Å². The predicted molar refractivity (Wildman–Crippen MR) is 48.2 cm³/mol. The second kappa shape index (κ2) is 7.46. The summed E-state index contributed by atoms with van der Waals surface area (Å²) >= 11 is 0.228. The molecule has 0 radical (unpaired) electrons. The number of nitrogens with two attached hydrogens (primary N) is 1. The van der Waals surface area contributed by atoms with Gasteiger partial charge in [-0.05, 0) is 0 Å². The van der Waals surface area contributed by atoms with Crippen molar-refractivity contribution in [3.8, 4) is 0 Å². The second-order valence-corrected chi connectivity index (χ2v) is 5.28. The number of hydrogen-bond donors (Lipinski definition) is 1. The zero-order valence-electron chi connectivity index (χ0n) is 7.93. The Morgan fingerprint density at radius 2 is 2.17 bits per heavy atom. The molecule has 0 aliphatic heterocycles. The van der Waals surface area contributed by atoms with Gasteiger partial charge in [0, 0.05) is 0 Å². The molecule has 0 saturated heterocycles. The van der Waals surface area contributed by atoms with Gasteiger partial charge in [-0.2, -0.15) is 0 Å². The molecule has 2 N–H and O–H groups in total. The zero-order chi connectivity index (χ0) is 9.40. The standard InChI is InChI=1S/C9H17INO/c1-4-10-7-8(3)6-9(11)12-5-2/h6-7H,4-5,11H2,1-3H3/q-1/b8-7-,9-6+. The Labute approximate surface area is 85.1 Å². The number of ether oxygens (including phenoxy) is 1. The minimum atomic E-state index is 0.228. The first-order chi connectivity index (χ1) is 5.70. The van der Waals surface area contributed by atoms with Crippen LogP contribution in [0.5, 0.6) is 0 Å². The number of allylic oxidation sites excluding steroid dienone is 2. The molecule has 3 heteroatoms. The second-order valence-electron chi connectivity index (χ2n) is 2.25. The maximum absolute atomic E-state index is 5.57. The average molecular weight is 282 g/mol. The van der Waals surface area contributed by atoms with Crippen LogP contribution in [0, 0.1) is 0 Å². The molecule has 0 aromatic carbocycles. The summed E-state index contributed by atoms with van der Waals surface area (Å²) in [4.78, 5) is 0. The van der Waals surface area contributed by atoms with Crippen molar-refractivity contribution in [2.75, 3.05) is 11.0 Å². The first kappa shape index (κ1) is 11.8. The van der Waals surface area contributed by atoms with E-state index >= 15 is 0 Å². The van der Waals surface area contributed by atoms with Crippen LogP contribution in [0.3, 0.4) is 0 Å². The van der Waals surface area contributed by atoms with Gasteiger partial charge in [-0.3, -0.25) is 0 Å². The van der Waals surface area contributed by atoms with E-state index in [9.17, 15) is 0 Å². The zero-order valence-corrected chi connectivity index (χ0v) is 10.1. The average Bonchev–Trinajstić information content (AvgIpc) is 2.01. The third-order valence-corrected chi connectivity index (χ3v) is 3.39. The first-order valence-electron chi connectivity index (χ1n) is 4.05. The molecule has 0 aliphatic rings. The van der Waals surface area contributed by atoms with Gasteiger partial charge < -0.3 is 0 Å². The SMILES string of the molecule is CCO/C(N)=C/C(C)=C\[I-]CC. The van der Waals surface area contributed by atoms with Gasteiger partial charge in [0.25, 0.3) is 0 Å². The Kier molecular flexibility index (Phi) is 7.34. The summed E-state index contributed by atoms with van der Waals surface area (Å²) in [6.07, 6.45) is 1.89. The van der Waals surface area contributed by atoms with Crippen molar-refractivity contribution in [3.63, 3.8) is 0 Å². The molecule has 0 bridgehead atoms. The monoisotopic (exact) mass is 282 g/mol. The fourth-order valence-electron chi connectivity index (χ4n) is 0.663. The van der Waals surface area contributed by atoms with Gasteiger partial charge in [-0.25, -0.2) is 0 Å². The molecule has 72 valence electrons. The van der Waals surface area contributed by atoms with Crippen LogP contribution < -0.4 is 26.9 Å². The summed E-state index contributed by atoms with van der Waals surface area (Å²) < 4.78 is 8.65. The van der Waals surface area contributed by atoms with E-state index in [1.165, 1.54) is 10.0 Å². The molecule has 0 unspecified atom stereocenters. The van der Waals surface area contributed by atoms with E-state index < -0.39 is 0 Å². The van der Waals surface area contributed by atoms with Crippen molar-refractivity contribution in [1.29, 1.82) is 0 Å². The molecule has 0 amide bonds. The van der Waals surface area contributed by atoms with Crippen molar-refractivity contribution in [1.82, 2.24) is 0 Å². The Morgan fingerprint density at radius 3 is 2.67 bits per heavy atom. The number of halogens is 1. The van der Waals surface area contributed by atoms with Crippen LogP contribution in [0.15, 0.2) is 21.6 Å². The summed E-state index contributed by atoms with van der Waals surface area (Å²) in [7, 11) is 0. The van der Waals surface area contributed by atoms with E-state index in [1.807, 2.05) is 13.0 Å². The molecular formula is C9H17INO-. The normalized spacial score (nSPS) is 13.6. The van der Waals surface area contributed by atoms with Gasteiger partial charge >= 0.3 is 85.1 Å². The van der Waals surface area contributed by atoms with E-state index in [2.05, 4.69) is 17.9 Å². The summed E-state index contributed by atoms with van der Waals surface area (Å²) in [5.74, 6) is 0.520.